The number of aliphatic carboxylic acids is 2. The van der Waals surface area contributed by atoms with Crippen LogP contribution in [0.2, 0.25) is 0 Å². The Bertz CT molecular complexity index is 257. The van der Waals surface area contributed by atoms with Crippen LogP contribution in [-0.2, 0) is 14.4 Å². The molecule has 5 N–H and O–H groups in total. The smallest absolute Gasteiger partial charge is 0.322 e. The maximum absolute atomic E-state index is 11.0. The van der Waals surface area contributed by atoms with Gasteiger partial charge in [-0.3, -0.25) is 14.4 Å². The van der Waals surface area contributed by atoms with Gasteiger partial charge in [0.2, 0.25) is 5.91 Å². The van der Waals surface area contributed by atoms with Gasteiger partial charge in [-0.25, -0.2) is 0 Å². The first-order valence-electron chi connectivity index (χ1n) is 3.52. The molecular formula is C6H10N2O5S. The Balaban J connectivity index is 4.11. The summed E-state index contributed by atoms with van der Waals surface area (Å²) in [4.78, 5) is 31.4. The van der Waals surface area contributed by atoms with Crippen molar-refractivity contribution in [1.29, 1.82) is 0 Å². The first kappa shape index (κ1) is 12.7. The lowest BCUT2D eigenvalue weighted by molar-refractivity contribution is -0.139. The highest BCUT2D eigenvalue weighted by molar-refractivity contribution is 7.81. The van der Waals surface area contributed by atoms with Crippen LogP contribution < -0.4 is 11.1 Å². The fourth-order valence-electron chi connectivity index (χ4n) is 0.578. The molecule has 0 aromatic heterocycles. The molecule has 14 heavy (non-hydrogen) atoms. The molecule has 7 nitrogen and oxygen atoms in total. The predicted molar refractivity (Wildman–Crippen MR) is 49.0 cm³/mol. The van der Waals surface area contributed by atoms with Gasteiger partial charge in [0, 0.05) is 0 Å². The second-order valence-electron chi connectivity index (χ2n) is 2.42. The summed E-state index contributed by atoms with van der Waals surface area (Å²) < 4.78 is 0. The van der Waals surface area contributed by atoms with Crippen LogP contribution in [0.3, 0.4) is 0 Å². The number of nitrogens with two attached hydrogens (primary N) is 1. The van der Waals surface area contributed by atoms with E-state index in [1.165, 1.54) is 0 Å². The molecule has 0 saturated heterocycles. The average molecular weight is 222 g/mol. The van der Waals surface area contributed by atoms with Crippen LogP contribution >= 0.6 is 12.6 Å². The molecule has 80 valence electrons. The van der Waals surface area contributed by atoms with Gasteiger partial charge in [0.1, 0.15) is 17.8 Å². The van der Waals surface area contributed by atoms with Crippen LogP contribution in [0.15, 0.2) is 0 Å². The minimum Gasteiger partial charge on any atom is -0.480 e. The zero-order valence-corrected chi connectivity index (χ0v) is 7.90. The first-order valence-corrected chi connectivity index (χ1v) is 4.04. The quantitative estimate of drug-likeness (QED) is 0.339. The molecule has 0 aromatic rings. The number of nitrogens with one attached hydrogen (secondary N) is 1. The molecule has 2 atom stereocenters. The second-order valence-corrected chi connectivity index (χ2v) is 2.98. The minimum atomic E-state index is -1.38. The summed E-state index contributed by atoms with van der Waals surface area (Å²) in [7, 11) is 0. The highest BCUT2D eigenvalue weighted by atomic mass is 32.1. The normalized spacial score (nSPS) is 14.1. The SMILES string of the molecule is N[C@H](C(=O)NCC(=O)O)[C@@H](S)C(=O)O. The van der Waals surface area contributed by atoms with Crippen molar-refractivity contribution in [3.63, 3.8) is 0 Å². The topological polar surface area (TPSA) is 130 Å². The summed E-state index contributed by atoms with van der Waals surface area (Å²) in [6, 6.07) is -1.38. The summed E-state index contributed by atoms with van der Waals surface area (Å²) in [5.74, 6) is -3.45. The molecule has 0 aliphatic heterocycles. The third-order valence-electron chi connectivity index (χ3n) is 1.31. The lowest BCUT2D eigenvalue weighted by Gasteiger charge is -2.13. The molecular weight excluding hydrogens is 212 g/mol. The van der Waals surface area contributed by atoms with Crippen LogP contribution in [0.1, 0.15) is 0 Å². The van der Waals surface area contributed by atoms with E-state index in [2.05, 4.69) is 12.6 Å². The largest absolute Gasteiger partial charge is 0.480 e. The van der Waals surface area contributed by atoms with Gasteiger partial charge in [0.15, 0.2) is 0 Å². The lowest BCUT2D eigenvalue weighted by atomic mass is 10.2. The average Bonchev–Trinajstić information content (AvgIpc) is 2.11. The number of rotatable bonds is 5. The van der Waals surface area contributed by atoms with Crippen LogP contribution in [-0.4, -0.2) is 45.9 Å². The number of carboxylic acids is 2. The molecule has 0 spiro atoms. The molecule has 0 saturated carbocycles. The molecule has 0 radical (unpaired) electrons. The van der Waals surface area contributed by atoms with Crippen molar-refractivity contribution >= 4 is 30.5 Å². The highest BCUT2D eigenvalue weighted by Gasteiger charge is 2.27. The zero-order valence-electron chi connectivity index (χ0n) is 7.01. The molecule has 0 heterocycles. The van der Waals surface area contributed by atoms with Crippen molar-refractivity contribution in [2.75, 3.05) is 6.54 Å². The van der Waals surface area contributed by atoms with E-state index in [0.29, 0.717) is 0 Å². The van der Waals surface area contributed by atoms with Crippen molar-refractivity contribution in [3.05, 3.63) is 0 Å². The van der Waals surface area contributed by atoms with Gasteiger partial charge in [-0.05, 0) is 0 Å². The number of carboxylic acid groups (broad SMARTS) is 2. The Morgan fingerprint density at radius 1 is 1.36 bits per heavy atom. The minimum absolute atomic E-state index is 0.605. The van der Waals surface area contributed by atoms with Crippen LogP contribution in [0.25, 0.3) is 0 Å². The molecule has 0 aliphatic rings. The van der Waals surface area contributed by atoms with Gasteiger partial charge in [0.25, 0.3) is 0 Å². The zero-order chi connectivity index (χ0) is 11.3. The number of thiol groups is 1. The van der Waals surface area contributed by atoms with E-state index in [9.17, 15) is 14.4 Å². The van der Waals surface area contributed by atoms with Gasteiger partial charge < -0.3 is 21.3 Å². The van der Waals surface area contributed by atoms with E-state index >= 15 is 0 Å². The lowest BCUT2D eigenvalue weighted by Crippen LogP contribution is -2.50. The van der Waals surface area contributed by atoms with E-state index in [-0.39, 0.29) is 0 Å². The Morgan fingerprint density at radius 3 is 2.21 bits per heavy atom. The molecule has 0 rings (SSSR count). The summed E-state index contributed by atoms with van der Waals surface area (Å²) in [5.41, 5.74) is 5.19. The molecule has 0 aromatic carbocycles. The third kappa shape index (κ3) is 4.10. The predicted octanol–water partition coefficient (Wildman–Crippen LogP) is -2.10. The number of amides is 1. The summed E-state index contributed by atoms with van der Waals surface area (Å²) in [6.07, 6.45) is 0. The van der Waals surface area contributed by atoms with Crippen LogP contribution in [0, 0.1) is 0 Å². The Kier molecular flexibility index (Phi) is 4.95. The molecule has 1 amide bonds. The van der Waals surface area contributed by atoms with Crippen molar-refractivity contribution < 1.29 is 24.6 Å². The van der Waals surface area contributed by atoms with Gasteiger partial charge >= 0.3 is 11.9 Å². The van der Waals surface area contributed by atoms with Crippen LogP contribution in [0.5, 0.6) is 0 Å². The number of carbonyl (C=O) groups excluding carboxylic acids is 1. The number of hydrogen-bond acceptors (Lipinski definition) is 5. The number of hydrogen-bond donors (Lipinski definition) is 5. The highest BCUT2D eigenvalue weighted by Crippen LogP contribution is 1.99. The van der Waals surface area contributed by atoms with Gasteiger partial charge in [-0.15, -0.1) is 0 Å². The maximum Gasteiger partial charge on any atom is 0.322 e. The van der Waals surface area contributed by atoms with E-state index in [1.54, 1.807) is 0 Å². The standard InChI is InChI=1S/C6H10N2O5S/c7-3(4(14)6(12)13)5(11)8-1-2(9)10/h3-4,14H,1,7H2,(H,8,11)(H,9,10)(H,12,13)/t3-,4+/m0/s1. The maximum atomic E-state index is 11.0. The Hall–Kier alpha value is -1.28. The number of carbonyl (C=O) groups is 3. The first-order chi connectivity index (χ1) is 6.36. The molecule has 0 unspecified atom stereocenters. The Morgan fingerprint density at radius 2 is 1.86 bits per heavy atom. The van der Waals surface area contributed by atoms with E-state index in [0.717, 1.165) is 0 Å². The van der Waals surface area contributed by atoms with Gasteiger partial charge in [0.05, 0.1) is 0 Å². The molecule has 8 heteroatoms. The van der Waals surface area contributed by atoms with Crippen molar-refractivity contribution in [2.45, 2.75) is 11.3 Å². The fraction of sp³-hybridized carbons (Fsp3) is 0.500. The second kappa shape index (κ2) is 5.45. The van der Waals surface area contributed by atoms with Crippen LogP contribution in [0.4, 0.5) is 0 Å². The van der Waals surface area contributed by atoms with E-state index in [4.69, 9.17) is 15.9 Å². The fourth-order valence-corrected chi connectivity index (χ4v) is 0.713. The molecule has 0 aliphatic carbocycles. The van der Waals surface area contributed by atoms with Gasteiger partial charge in [-0.2, -0.15) is 12.6 Å². The van der Waals surface area contributed by atoms with Crippen molar-refractivity contribution in [2.24, 2.45) is 5.73 Å². The Labute approximate surface area is 84.7 Å². The van der Waals surface area contributed by atoms with Gasteiger partial charge in [-0.1, -0.05) is 0 Å². The summed E-state index contributed by atoms with van der Waals surface area (Å²) >= 11 is 3.57. The molecule has 0 fully saturated rings. The summed E-state index contributed by atoms with van der Waals surface area (Å²) in [6.45, 7) is -0.605. The van der Waals surface area contributed by atoms with Crippen molar-refractivity contribution in [1.82, 2.24) is 5.32 Å². The summed E-state index contributed by atoms with van der Waals surface area (Å²) in [5, 5.41) is 17.2. The molecule has 0 bridgehead atoms. The van der Waals surface area contributed by atoms with E-state index < -0.39 is 35.7 Å². The monoisotopic (exact) mass is 222 g/mol. The van der Waals surface area contributed by atoms with Crippen molar-refractivity contribution in [3.8, 4) is 0 Å². The third-order valence-corrected chi connectivity index (χ3v) is 1.85. The van der Waals surface area contributed by atoms with E-state index in [1.807, 2.05) is 5.32 Å².